The average Bonchev–Trinajstić information content (AvgIpc) is 2.71. The molecule has 2 N–H and O–H groups in total. The zero-order valence-electron chi connectivity index (χ0n) is 22.4. The molecule has 0 aliphatic rings. The molecule has 0 amide bonds. The number of nitrogens with zero attached hydrogens (tertiary/aromatic N) is 1. The van der Waals surface area contributed by atoms with E-state index >= 15 is 0 Å². The summed E-state index contributed by atoms with van der Waals surface area (Å²) in [5, 5.41) is 12.4. The molecule has 0 aromatic heterocycles. The number of rotatable bonds is 16. The Bertz CT molecular complexity index is 487. The van der Waals surface area contributed by atoms with Gasteiger partial charge in [-0.25, -0.2) is 0 Å². The highest BCUT2D eigenvalue weighted by Gasteiger charge is 2.33. The molecule has 7 heteroatoms. The summed E-state index contributed by atoms with van der Waals surface area (Å²) in [5.41, 5.74) is 0.244. The van der Waals surface area contributed by atoms with Crippen LogP contribution < -0.4 is 5.32 Å². The van der Waals surface area contributed by atoms with Crippen LogP contribution in [0, 0.1) is 16.2 Å². The number of hydrogen-bond acceptors (Lipinski definition) is 7. The summed E-state index contributed by atoms with van der Waals surface area (Å²) in [5.74, 6) is -0.152. The molecule has 0 aromatic carbocycles. The molecule has 0 aliphatic carbocycles. The van der Waals surface area contributed by atoms with Gasteiger partial charge in [-0.15, -0.1) is 0 Å². The lowest BCUT2D eigenvalue weighted by Crippen LogP contribution is -2.36. The summed E-state index contributed by atoms with van der Waals surface area (Å²) in [4.78, 5) is 23.8. The monoisotopic (exact) mass is 460 g/mol. The first-order chi connectivity index (χ1) is 14.8. The van der Waals surface area contributed by atoms with Gasteiger partial charge in [0.1, 0.15) is 0 Å². The second-order valence-corrected chi connectivity index (χ2v) is 10.8. The van der Waals surface area contributed by atoms with Gasteiger partial charge in [0.25, 0.3) is 6.47 Å². The molecular formula is C25H52N2O5. The summed E-state index contributed by atoms with van der Waals surface area (Å²) in [7, 11) is 0. The number of ether oxygens (including phenoxy) is 2. The minimum Gasteiger partial charge on any atom is -0.467 e. The van der Waals surface area contributed by atoms with E-state index in [4.69, 9.17) is 14.6 Å². The highest BCUT2D eigenvalue weighted by Crippen LogP contribution is 2.37. The van der Waals surface area contributed by atoms with Crippen molar-refractivity contribution >= 4 is 12.4 Å². The highest BCUT2D eigenvalue weighted by molar-refractivity contribution is 5.69. The minimum absolute atomic E-state index is 0.0356. The Hall–Kier alpha value is -1.18. The summed E-state index contributed by atoms with van der Waals surface area (Å²) >= 11 is 0. The van der Waals surface area contributed by atoms with Crippen molar-refractivity contribution in [1.82, 2.24) is 10.2 Å². The number of carbonyl (C=O) groups is 2. The van der Waals surface area contributed by atoms with E-state index in [1.54, 1.807) is 0 Å². The van der Waals surface area contributed by atoms with Crippen molar-refractivity contribution in [3.8, 4) is 0 Å². The normalized spacial score (nSPS) is 12.2. The van der Waals surface area contributed by atoms with Crippen LogP contribution in [0.1, 0.15) is 81.6 Å². The molecule has 0 aliphatic heterocycles. The van der Waals surface area contributed by atoms with Crippen LogP contribution >= 0.6 is 0 Å². The Morgan fingerprint density at radius 2 is 1.59 bits per heavy atom. The van der Waals surface area contributed by atoms with Crippen molar-refractivity contribution in [1.29, 1.82) is 0 Å². The maximum absolute atomic E-state index is 11.8. The van der Waals surface area contributed by atoms with E-state index in [1.165, 1.54) is 0 Å². The van der Waals surface area contributed by atoms with E-state index in [0.29, 0.717) is 39.2 Å². The van der Waals surface area contributed by atoms with Crippen molar-refractivity contribution in [3.05, 3.63) is 0 Å². The molecule has 0 spiro atoms. The zero-order chi connectivity index (χ0) is 25.3. The Labute approximate surface area is 197 Å². The second kappa shape index (κ2) is 17.3. The molecule has 0 saturated heterocycles. The first kappa shape index (κ1) is 33.0. The highest BCUT2D eigenvalue weighted by atomic mass is 16.5. The van der Waals surface area contributed by atoms with Crippen LogP contribution in [0.4, 0.5) is 0 Å². The maximum atomic E-state index is 11.8. The first-order valence-electron chi connectivity index (χ1n) is 12.0. The fourth-order valence-electron chi connectivity index (χ4n) is 2.17. The largest absolute Gasteiger partial charge is 0.467 e. The van der Waals surface area contributed by atoms with Gasteiger partial charge in [-0.05, 0) is 30.2 Å². The molecular weight excluding hydrogens is 408 g/mol. The Morgan fingerprint density at radius 3 is 2.06 bits per heavy atom. The van der Waals surface area contributed by atoms with E-state index in [1.807, 2.05) is 0 Å². The van der Waals surface area contributed by atoms with Crippen LogP contribution in [0.25, 0.3) is 0 Å². The Balaban J connectivity index is 0. The fourth-order valence-corrected chi connectivity index (χ4v) is 2.17. The number of hydrogen-bond donors (Lipinski definition) is 2. The third kappa shape index (κ3) is 17.4. The molecule has 0 fully saturated rings. The zero-order valence-corrected chi connectivity index (χ0v) is 22.4. The molecule has 0 radical (unpaired) electrons. The van der Waals surface area contributed by atoms with E-state index in [9.17, 15) is 9.59 Å². The van der Waals surface area contributed by atoms with E-state index in [0.717, 1.165) is 32.5 Å². The van der Waals surface area contributed by atoms with Gasteiger partial charge in [0.2, 0.25) is 0 Å². The molecule has 32 heavy (non-hydrogen) atoms. The van der Waals surface area contributed by atoms with Gasteiger partial charge in [-0.2, -0.15) is 0 Å². The standard InChI is InChI=1S/C16H34N2O3.C9H18O2/c1-5-8-17-9-11-18(12-13-19)10-7-15(20)21-14-16(3,4)6-2;1-8(2,3)9(4,5)6-11-7-10/h17,19H,5-14H2,1-4H3;7H,6H2,1-5H3. The third-order valence-corrected chi connectivity index (χ3v) is 6.20. The maximum Gasteiger partial charge on any atom is 0.307 e. The van der Waals surface area contributed by atoms with Gasteiger partial charge in [-0.3, -0.25) is 14.5 Å². The summed E-state index contributed by atoms with van der Waals surface area (Å²) in [6.45, 7) is 24.6. The molecule has 0 saturated carbocycles. The summed E-state index contributed by atoms with van der Waals surface area (Å²) in [6, 6.07) is 0. The van der Waals surface area contributed by atoms with Crippen molar-refractivity contribution in [2.24, 2.45) is 16.2 Å². The lowest BCUT2D eigenvalue weighted by Gasteiger charge is -2.37. The Kier molecular flexibility index (Phi) is 17.9. The molecule has 7 nitrogen and oxygen atoms in total. The average molecular weight is 461 g/mol. The number of esters is 1. The molecule has 0 heterocycles. The van der Waals surface area contributed by atoms with Crippen LogP contribution in [0.5, 0.6) is 0 Å². The molecule has 0 rings (SSSR count). The van der Waals surface area contributed by atoms with Crippen LogP contribution in [0.2, 0.25) is 0 Å². The van der Waals surface area contributed by atoms with Gasteiger partial charge in [0, 0.05) is 31.6 Å². The molecule has 0 aromatic rings. The lowest BCUT2D eigenvalue weighted by molar-refractivity contribution is -0.147. The van der Waals surface area contributed by atoms with Gasteiger partial charge in [0.15, 0.2) is 0 Å². The van der Waals surface area contributed by atoms with Crippen LogP contribution in [-0.4, -0.2) is 75.0 Å². The number of carbonyl (C=O) groups excluding carboxylic acids is 2. The number of aliphatic hydroxyl groups is 1. The fraction of sp³-hybridized carbons (Fsp3) is 0.920. The summed E-state index contributed by atoms with van der Waals surface area (Å²) < 4.78 is 10.1. The first-order valence-corrected chi connectivity index (χ1v) is 12.0. The van der Waals surface area contributed by atoms with Crippen LogP contribution in [0.3, 0.4) is 0 Å². The van der Waals surface area contributed by atoms with Crippen molar-refractivity contribution in [2.45, 2.75) is 81.6 Å². The predicted octanol–water partition coefficient (Wildman–Crippen LogP) is 3.88. The van der Waals surface area contributed by atoms with E-state index in [2.05, 4.69) is 72.5 Å². The van der Waals surface area contributed by atoms with Crippen molar-refractivity contribution < 1.29 is 24.2 Å². The van der Waals surface area contributed by atoms with E-state index in [-0.39, 0.29) is 28.8 Å². The van der Waals surface area contributed by atoms with Crippen molar-refractivity contribution in [2.75, 3.05) is 52.5 Å². The molecule has 0 atom stereocenters. The van der Waals surface area contributed by atoms with Gasteiger partial charge >= 0.3 is 5.97 Å². The minimum atomic E-state index is -0.152. The lowest BCUT2D eigenvalue weighted by atomic mass is 9.70. The quantitative estimate of drug-likeness (QED) is 0.205. The number of aliphatic hydroxyl groups excluding tert-OH is 1. The topological polar surface area (TPSA) is 88.1 Å². The van der Waals surface area contributed by atoms with Crippen molar-refractivity contribution in [3.63, 3.8) is 0 Å². The van der Waals surface area contributed by atoms with Crippen LogP contribution in [0.15, 0.2) is 0 Å². The molecule has 0 unspecified atom stereocenters. The molecule has 0 bridgehead atoms. The summed E-state index contributed by atoms with van der Waals surface area (Å²) in [6.07, 6.45) is 2.48. The second-order valence-electron chi connectivity index (χ2n) is 10.8. The number of nitrogens with one attached hydrogen (secondary N) is 1. The predicted molar refractivity (Wildman–Crippen MR) is 132 cm³/mol. The Morgan fingerprint density at radius 1 is 0.969 bits per heavy atom. The molecule has 192 valence electrons. The van der Waals surface area contributed by atoms with Gasteiger partial charge in [0.05, 0.1) is 26.2 Å². The van der Waals surface area contributed by atoms with E-state index < -0.39 is 0 Å². The van der Waals surface area contributed by atoms with Crippen LogP contribution in [-0.2, 0) is 19.1 Å². The SMILES string of the molecule is CC(C)(C)C(C)(C)COC=O.CCCNCCN(CCO)CCC(=O)OCC(C)(C)CC. The third-order valence-electron chi connectivity index (χ3n) is 6.20. The smallest absolute Gasteiger partial charge is 0.307 e. The van der Waals surface area contributed by atoms with Gasteiger partial charge in [-0.1, -0.05) is 62.3 Å². The van der Waals surface area contributed by atoms with Gasteiger partial charge < -0.3 is 19.9 Å².